The maximum Gasteiger partial charge on any atom is 0.416 e. The Balaban J connectivity index is 2.17. The van der Waals surface area contributed by atoms with Crippen molar-refractivity contribution in [1.82, 2.24) is 0 Å². The van der Waals surface area contributed by atoms with Crippen molar-refractivity contribution in [3.8, 4) is 6.07 Å². The highest BCUT2D eigenvalue weighted by Crippen LogP contribution is 2.29. The third-order valence-electron chi connectivity index (χ3n) is 3.21. The fraction of sp³-hybridized carbons (Fsp3) is 0.176. The highest BCUT2D eigenvalue weighted by molar-refractivity contribution is 6.01. The number of nitriles is 1. The number of rotatable bonds is 5. The lowest BCUT2D eigenvalue weighted by Gasteiger charge is -2.09. The SMILES string of the molecule is N#Cc1ccccc1CO/N=C(/CO)c1cccc(C(F)(F)F)c1. The molecule has 0 aliphatic carbocycles. The molecule has 0 spiro atoms. The first-order valence-electron chi connectivity index (χ1n) is 6.91. The lowest BCUT2D eigenvalue weighted by molar-refractivity contribution is -0.137. The van der Waals surface area contributed by atoms with Crippen LogP contribution >= 0.6 is 0 Å². The van der Waals surface area contributed by atoms with Crippen molar-refractivity contribution in [2.24, 2.45) is 5.16 Å². The standard InChI is InChI=1S/C17H13F3N2O2/c18-17(19,20)15-7-3-6-12(8-15)16(10-23)22-24-11-14-5-2-1-4-13(14)9-21/h1-8,23H,10-11H2/b22-16-. The van der Waals surface area contributed by atoms with Gasteiger partial charge in [0.2, 0.25) is 0 Å². The third kappa shape index (κ3) is 4.33. The van der Waals surface area contributed by atoms with E-state index >= 15 is 0 Å². The Labute approximate surface area is 136 Å². The molecule has 0 aliphatic rings. The summed E-state index contributed by atoms with van der Waals surface area (Å²) in [4.78, 5) is 5.09. The van der Waals surface area contributed by atoms with Gasteiger partial charge >= 0.3 is 6.18 Å². The maximum absolute atomic E-state index is 12.7. The maximum atomic E-state index is 12.7. The Kier molecular flexibility index (Phi) is 5.55. The van der Waals surface area contributed by atoms with Crippen molar-refractivity contribution in [3.63, 3.8) is 0 Å². The average molecular weight is 334 g/mol. The van der Waals surface area contributed by atoms with Crippen LogP contribution in [0.15, 0.2) is 53.7 Å². The lowest BCUT2D eigenvalue weighted by atomic mass is 10.1. The van der Waals surface area contributed by atoms with Crippen LogP contribution in [0.2, 0.25) is 0 Å². The Morgan fingerprint density at radius 3 is 2.58 bits per heavy atom. The minimum absolute atomic E-state index is 0.0319. The number of hydrogen-bond donors (Lipinski definition) is 1. The second kappa shape index (κ2) is 7.62. The Hall–Kier alpha value is -2.85. The van der Waals surface area contributed by atoms with Gasteiger partial charge in [-0.05, 0) is 18.2 Å². The molecule has 0 atom stereocenters. The summed E-state index contributed by atoms with van der Waals surface area (Å²) < 4.78 is 38.2. The van der Waals surface area contributed by atoms with Gasteiger partial charge in [0.15, 0.2) is 0 Å². The number of halogens is 3. The van der Waals surface area contributed by atoms with Gasteiger partial charge in [0.1, 0.15) is 12.3 Å². The van der Waals surface area contributed by atoms with E-state index in [1.165, 1.54) is 12.1 Å². The zero-order valence-electron chi connectivity index (χ0n) is 12.4. The number of oxime groups is 1. The molecule has 2 aromatic carbocycles. The molecule has 4 nitrogen and oxygen atoms in total. The quantitative estimate of drug-likeness (QED) is 0.672. The molecule has 0 aromatic heterocycles. The highest BCUT2D eigenvalue weighted by atomic mass is 19.4. The molecule has 1 N–H and O–H groups in total. The van der Waals surface area contributed by atoms with E-state index in [2.05, 4.69) is 5.16 Å². The number of aliphatic hydroxyl groups is 1. The number of aliphatic hydroxyl groups excluding tert-OH is 1. The van der Waals surface area contributed by atoms with Crippen LogP contribution in [0, 0.1) is 11.3 Å². The predicted octanol–water partition coefficient (Wildman–Crippen LogP) is 3.49. The fourth-order valence-corrected chi connectivity index (χ4v) is 1.98. The molecule has 0 fully saturated rings. The third-order valence-corrected chi connectivity index (χ3v) is 3.21. The average Bonchev–Trinajstić information content (AvgIpc) is 2.58. The van der Waals surface area contributed by atoms with Gasteiger partial charge in [-0.15, -0.1) is 0 Å². The molecule has 0 unspecified atom stereocenters. The minimum Gasteiger partial charge on any atom is -0.391 e. The van der Waals surface area contributed by atoms with Gasteiger partial charge in [-0.1, -0.05) is 35.5 Å². The van der Waals surface area contributed by atoms with E-state index < -0.39 is 18.3 Å². The molecule has 0 radical (unpaired) electrons. The molecule has 0 saturated carbocycles. The Morgan fingerprint density at radius 1 is 1.17 bits per heavy atom. The predicted molar refractivity (Wildman–Crippen MR) is 81.0 cm³/mol. The van der Waals surface area contributed by atoms with E-state index in [1.54, 1.807) is 24.3 Å². The lowest BCUT2D eigenvalue weighted by Crippen LogP contribution is -2.11. The summed E-state index contributed by atoms with van der Waals surface area (Å²) in [5.74, 6) is 0. The fourth-order valence-electron chi connectivity index (χ4n) is 1.98. The van der Waals surface area contributed by atoms with Gasteiger partial charge in [-0.2, -0.15) is 18.4 Å². The number of benzene rings is 2. The summed E-state index contributed by atoms with van der Waals surface area (Å²) >= 11 is 0. The van der Waals surface area contributed by atoms with Crippen molar-refractivity contribution in [1.29, 1.82) is 5.26 Å². The Bertz CT molecular complexity index is 780. The molecule has 2 aromatic rings. The molecule has 0 bridgehead atoms. The van der Waals surface area contributed by atoms with E-state index in [4.69, 9.17) is 10.1 Å². The molecule has 2 rings (SSSR count). The van der Waals surface area contributed by atoms with Crippen molar-refractivity contribution in [3.05, 3.63) is 70.8 Å². The first-order valence-corrected chi connectivity index (χ1v) is 6.91. The van der Waals surface area contributed by atoms with E-state index in [1.807, 2.05) is 6.07 Å². The summed E-state index contributed by atoms with van der Waals surface area (Å²) in [6, 6.07) is 13.2. The second-order valence-electron chi connectivity index (χ2n) is 4.82. The zero-order chi connectivity index (χ0) is 17.6. The van der Waals surface area contributed by atoms with Gasteiger partial charge < -0.3 is 9.94 Å². The molecule has 0 aliphatic heterocycles. The molecule has 0 saturated heterocycles. The van der Waals surface area contributed by atoms with Crippen LogP contribution < -0.4 is 0 Å². The first-order chi connectivity index (χ1) is 11.5. The van der Waals surface area contributed by atoms with Crippen LogP contribution in [0.3, 0.4) is 0 Å². The van der Waals surface area contributed by atoms with E-state index in [9.17, 15) is 18.3 Å². The molecular weight excluding hydrogens is 321 g/mol. The van der Waals surface area contributed by atoms with Gasteiger partial charge in [0.25, 0.3) is 0 Å². The molecule has 124 valence electrons. The first kappa shape index (κ1) is 17.5. The molecule has 7 heteroatoms. The zero-order valence-corrected chi connectivity index (χ0v) is 12.4. The summed E-state index contributed by atoms with van der Waals surface area (Å²) in [5.41, 5.74) is 0.245. The van der Waals surface area contributed by atoms with Gasteiger partial charge in [0, 0.05) is 11.1 Å². The second-order valence-corrected chi connectivity index (χ2v) is 4.82. The van der Waals surface area contributed by atoms with Gasteiger partial charge in [0.05, 0.1) is 23.8 Å². The topological polar surface area (TPSA) is 65.6 Å². The molecular formula is C17H13F3N2O2. The van der Waals surface area contributed by atoms with Crippen molar-refractivity contribution in [2.75, 3.05) is 6.61 Å². The smallest absolute Gasteiger partial charge is 0.391 e. The normalized spacial score (nSPS) is 11.9. The number of alkyl halides is 3. The van der Waals surface area contributed by atoms with Crippen molar-refractivity contribution >= 4 is 5.71 Å². The van der Waals surface area contributed by atoms with E-state index in [0.29, 0.717) is 11.1 Å². The Morgan fingerprint density at radius 2 is 1.92 bits per heavy atom. The van der Waals surface area contributed by atoms with Crippen LogP contribution in [0.1, 0.15) is 22.3 Å². The summed E-state index contributed by atoms with van der Waals surface area (Å²) in [6.45, 7) is -0.618. The van der Waals surface area contributed by atoms with Crippen LogP contribution in [0.5, 0.6) is 0 Å². The number of nitrogens with zero attached hydrogens (tertiary/aromatic N) is 2. The minimum atomic E-state index is -4.48. The van der Waals surface area contributed by atoms with Crippen LogP contribution in [-0.4, -0.2) is 17.4 Å². The molecule has 0 amide bonds. The van der Waals surface area contributed by atoms with Crippen LogP contribution in [0.4, 0.5) is 13.2 Å². The molecule has 24 heavy (non-hydrogen) atoms. The molecule has 0 heterocycles. The summed E-state index contributed by atoms with van der Waals surface area (Å²) in [7, 11) is 0. The highest BCUT2D eigenvalue weighted by Gasteiger charge is 2.30. The van der Waals surface area contributed by atoms with E-state index in [0.717, 1.165) is 12.1 Å². The van der Waals surface area contributed by atoms with Crippen LogP contribution in [0.25, 0.3) is 0 Å². The van der Waals surface area contributed by atoms with Gasteiger partial charge in [-0.3, -0.25) is 0 Å². The van der Waals surface area contributed by atoms with Gasteiger partial charge in [-0.25, -0.2) is 0 Å². The van der Waals surface area contributed by atoms with Crippen molar-refractivity contribution in [2.45, 2.75) is 12.8 Å². The summed E-state index contributed by atoms with van der Waals surface area (Å²) in [5, 5.41) is 22.0. The largest absolute Gasteiger partial charge is 0.416 e. The monoisotopic (exact) mass is 334 g/mol. The van der Waals surface area contributed by atoms with E-state index in [-0.39, 0.29) is 17.9 Å². The summed E-state index contributed by atoms with van der Waals surface area (Å²) in [6.07, 6.45) is -4.48. The van der Waals surface area contributed by atoms with Crippen LogP contribution in [-0.2, 0) is 17.6 Å². The number of hydrogen-bond acceptors (Lipinski definition) is 4. The van der Waals surface area contributed by atoms with Crippen molar-refractivity contribution < 1.29 is 23.1 Å².